The molecule has 0 fully saturated rings. The molecule has 0 spiro atoms. The number of nitrogens with zero attached hydrogens (tertiary/aromatic N) is 7. The van der Waals surface area contributed by atoms with Crippen LogP contribution in [0.2, 0.25) is 0 Å². The van der Waals surface area contributed by atoms with E-state index in [1.165, 1.54) is 4.80 Å². The minimum absolute atomic E-state index is 0.0633. The van der Waals surface area contributed by atoms with E-state index >= 15 is 0 Å². The number of pyridine rings is 1. The zero-order valence-electron chi connectivity index (χ0n) is 16.9. The van der Waals surface area contributed by atoms with Gasteiger partial charge in [0.2, 0.25) is 0 Å². The summed E-state index contributed by atoms with van der Waals surface area (Å²) in [6, 6.07) is 6.32. The zero-order valence-corrected chi connectivity index (χ0v) is 16.9. The Balaban J connectivity index is 1.68. The van der Waals surface area contributed by atoms with Crippen molar-refractivity contribution in [3.63, 3.8) is 0 Å². The second-order valence-electron chi connectivity index (χ2n) is 7.30. The molecule has 4 aromatic rings. The minimum atomic E-state index is -4.65. The lowest BCUT2D eigenvalue weighted by atomic mass is 10.1. The maximum absolute atomic E-state index is 13.9. The van der Waals surface area contributed by atoms with Crippen LogP contribution in [0.25, 0.3) is 11.0 Å². The van der Waals surface area contributed by atoms with Gasteiger partial charge in [-0.05, 0) is 48.0 Å². The van der Waals surface area contributed by atoms with E-state index in [2.05, 4.69) is 26.6 Å². The molecule has 3 heterocycles. The van der Waals surface area contributed by atoms with Crippen molar-refractivity contribution in [2.24, 2.45) is 14.1 Å². The highest BCUT2D eigenvalue weighted by atomic mass is 19.4. The van der Waals surface area contributed by atoms with E-state index in [0.717, 1.165) is 28.9 Å². The zero-order chi connectivity index (χ0) is 22.3. The van der Waals surface area contributed by atoms with Crippen molar-refractivity contribution < 1.29 is 17.6 Å². The average Bonchev–Trinajstić information content (AvgIpc) is 3.23. The van der Waals surface area contributed by atoms with Gasteiger partial charge in [0, 0.05) is 36.8 Å². The maximum Gasteiger partial charge on any atom is 0.416 e. The first-order chi connectivity index (χ1) is 14.6. The van der Waals surface area contributed by atoms with Gasteiger partial charge in [0.15, 0.2) is 0 Å². The topological polar surface area (TPSA) is 64.7 Å². The molecule has 1 radical (unpaired) electrons. The van der Waals surface area contributed by atoms with E-state index < -0.39 is 17.6 Å². The lowest BCUT2D eigenvalue weighted by Gasteiger charge is -2.21. The smallest absolute Gasteiger partial charge is 0.333 e. The van der Waals surface area contributed by atoms with Gasteiger partial charge in [-0.3, -0.25) is 0 Å². The monoisotopic (exact) mass is 432 g/mol. The van der Waals surface area contributed by atoms with Crippen molar-refractivity contribution in [2.75, 3.05) is 4.90 Å². The lowest BCUT2D eigenvalue weighted by Crippen LogP contribution is -2.24. The van der Waals surface area contributed by atoms with Crippen molar-refractivity contribution in [3.8, 4) is 0 Å². The Morgan fingerprint density at radius 2 is 1.84 bits per heavy atom. The molecule has 0 amide bonds. The number of rotatable bonds is 5. The molecule has 0 atom stereocenters. The van der Waals surface area contributed by atoms with Crippen LogP contribution in [0.1, 0.15) is 22.4 Å². The van der Waals surface area contributed by atoms with E-state index in [0.29, 0.717) is 11.6 Å². The third kappa shape index (κ3) is 4.35. The summed E-state index contributed by atoms with van der Waals surface area (Å²) in [7, 11) is 3.47. The van der Waals surface area contributed by atoms with Crippen LogP contribution in [-0.4, -0.2) is 29.8 Å². The van der Waals surface area contributed by atoms with Gasteiger partial charge in [-0.2, -0.15) is 18.0 Å². The summed E-state index contributed by atoms with van der Waals surface area (Å²) in [5, 5.41) is 12.8. The molecule has 0 aliphatic carbocycles. The number of tetrazole rings is 1. The molecular formula is C20H18F4N7. The standard InChI is InChI=1S/C20H18F4N7/c1-12-4-15-5-14(9-25-18(15)29(12)2)11-31(19-26-28-30(3)27-19)10-13-6-16(20(22,23)24)8-17(21)7-13/h4-8H,10-11H2,1-3H3. The Morgan fingerprint density at radius 3 is 2.52 bits per heavy atom. The van der Waals surface area contributed by atoms with Gasteiger partial charge >= 0.3 is 6.18 Å². The highest BCUT2D eigenvalue weighted by molar-refractivity contribution is 5.77. The van der Waals surface area contributed by atoms with Crippen molar-refractivity contribution in [1.29, 1.82) is 0 Å². The second kappa shape index (κ2) is 7.64. The molecule has 31 heavy (non-hydrogen) atoms. The third-order valence-electron chi connectivity index (χ3n) is 4.90. The number of benzene rings is 1. The SMILES string of the molecule is Cc1cc2cc(CN(Cc3cc(F)cc(C(F)(F)F)c3)c3nnn(C)n3)[c]nc2n1C. The minimum Gasteiger partial charge on any atom is -0.333 e. The number of aryl methyl sites for hydroxylation is 3. The molecule has 0 unspecified atom stereocenters. The Hall–Kier alpha value is -3.50. The van der Waals surface area contributed by atoms with Gasteiger partial charge in [-0.15, -0.1) is 5.10 Å². The van der Waals surface area contributed by atoms with Gasteiger partial charge in [0.05, 0.1) is 18.8 Å². The number of hydrogen-bond donors (Lipinski definition) is 0. The molecule has 0 aliphatic heterocycles. The predicted molar refractivity (Wildman–Crippen MR) is 104 cm³/mol. The summed E-state index contributed by atoms with van der Waals surface area (Å²) < 4.78 is 55.1. The van der Waals surface area contributed by atoms with Gasteiger partial charge < -0.3 is 9.47 Å². The normalized spacial score (nSPS) is 12.0. The van der Waals surface area contributed by atoms with Crippen LogP contribution in [-0.2, 0) is 33.4 Å². The first-order valence-electron chi connectivity index (χ1n) is 9.29. The Morgan fingerprint density at radius 1 is 1.06 bits per heavy atom. The number of anilines is 1. The number of alkyl halides is 3. The van der Waals surface area contributed by atoms with Crippen molar-refractivity contribution in [1.82, 2.24) is 29.8 Å². The molecule has 4 rings (SSSR count). The maximum atomic E-state index is 13.9. The average molecular weight is 432 g/mol. The third-order valence-corrected chi connectivity index (χ3v) is 4.90. The number of hydrogen-bond acceptors (Lipinski definition) is 5. The van der Waals surface area contributed by atoms with Gasteiger partial charge in [0.1, 0.15) is 11.5 Å². The molecule has 1 aromatic carbocycles. The summed E-state index contributed by atoms with van der Waals surface area (Å²) in [5.74, 6) is -0.774. The van der Waals surface area contributed by atoms with Crippen LogP contribution >= 0.6 is 0 Å². The second-order valence-corrected chi connectivity index (χ2v) is 7.30. The molecule has 0 N–H and O–H groups in total. The Labute approximate surface area is 174 Å². The molecule has 7 nitrogen and oxygen atoms in total. The van der Waals surface area contributed by atoms with Crippen molar-refractivity contribution in [3.05, 3.63) is 64.7 Å². The molecule has 0 saturated carbocycles. The lowest BCUT2D eigenvalue weighted by molar-refractivity contribution is -0.137. The molecular weight excluding hydrogens is 414 g/mol. The largest absolute Gasteiger partial charge is 0.416 e. The number of halogens is 4. The Bertz CT molecular complexity index is 1240. The summed E-state index contributed by atoms with van der Waals surface area (Å²) in [4.78, 5) is 7.19. The molecule has 0 bridgehead atoms. The first kappa shape index (κ1) is 20.8. The van der Waals surface area contributed by atoms with E-state index in [1.54, 1.807) is 11.9 Å². The fourth-order valence-electron chi connectivity index (χ4n) is 3.35. The summed E-state index contributed by atoms with van der Waals surface area (Å²) >= 11 is 0. The van der Waals surface area contributed by atoms with E-state index in [1.807, 2.05) is 30.7 Å². The molecule has 11 heteroatoms. The van der Waals surface area contributed by atoms with Gasteiger partial charge in [0.25, 0.3) is 5.95 Å². The number of aromatic nitrogens is 6. The van der Waals surface area contributed by atoms with Gasteiger partial charge in [-0.1, -0.05) is 5.10 Å². The molecule has 3 aromatic heterocycles. The summed E-state index contributed by atoms with van der Waals surface area (Å²) in [6.45, 7) is 2.09. The van der Waals surface area contributed by atoms with Crippen molar-refractivity contribution in [2.45, 2.75) is 26.2 Å². The van der Waals surface area contributed by atoms with Crippen molar-refractivity contribution >= 4 is 17.0 Å². The highest BCUT2D eigenvalue weighted by Crippen LogP contribution is 2.31. The van der Waals surface area contributed by atoms with E-state index in [9.17, 15) is 17.6 Å². The predicted octanol–water partition coefficient (Wildman–Crippen LogP) is 3.57. The van der Waals surface area contributed by atoms with Crippen LogP contribution < -0.4 is 4.90 Å². The molecule has 0 saturated heterocycles. The van der Waals surface area contributed by atoms with Crippen LogP contribution in [0.4, 0.5) is 23.5 Å². The van der Waals surface area contributed by atoms with E-state index in [4.69, 9.17) is 0 Å². The molecule has 161 valence electrons. The number of fused-ring (bicyclic) bond motifs is 1. The summed E-state index contributed by atoms with van der Waals surface area (Å²) in [5.41, 5.74) is 1.55. The quantitative estimate of drug-likeness (QED) is 0.451. The van der Waals surface area contributed by atoms with Gasteiger partial charge in [-0.25, -0.2) is 9.37 Å². The van der Waals surface area contributed by atoms with E-state index in [-0.39, 0.29) is 24.6 Å². The van der Waals surface area contributed by atoms with Crippen LogP contribution in [0.5, 0.6) is 0 Å². The highest BCUT2D eigenvalue weighted by Gasteiger charge is 2.31. The fraction of sp³-hybridized carbons (Fsp3) is 0.300. The molecule has 0 aliphatic rings. The van der Waals surface area contributed by atoms with Crippen LogP contribution in [0, 0.1) is 18.9 Å². The fourth-order valence-corrected chi connectivity index (χ4v) is 3.35. The van der Waals surface area contributed by atoms with Crippen LogP contribution in [0.15, 0.2) is 30.3 Å². The summed E-state index contributed by atoms with van der Waals surface area (Å²) in [6.07, 6.45) is -1.70. The first-order valence-corrected chi connectivity index (χ1v) is 9.29. The van der Waals surface area contributed by atoms with Crippen LogP contribution in [0.3, 0.4) is 0 Å². The Kier molecular flexibility index (Phi) is 5.11.